The summed E-state index contributed by atoms with van der Waals surface area (Å²) in [5, 5.41) is 22.0. The summed E-state index contributed by atoms with van der Waals surface area (Å²) >= 11 is 6.37. The zero-order chi connectivity index (χ0) is 38.3. The lowest BCUT2D eigenvalue weighted by Gasteiger charge is -2.13. The number of aromatic nitrogens is 9. The molecule has 0 unspecified atom stereocenters. The number of fused-ring (bicyclic) bond motifs is 2. The van der Waals surface area contributed by atoms with Crippen molar-refractivity contribution in [1.29, 1.82) is 0 Å². The largest absolute Gasteiger partial charge is 0.399 e. The van der Waals surface area contributed by atoms with E-state index in [0.29, 0.717) is 35.8 Å². The number of anilines is 5. The Balaban J connectivity index is 0.000000161. The molecule has 1 aliphatic heterocycles. The summed E-state index contributed by atoms with van der Waals surface area (Å²) in [7, 11) is 0. The molecule has 7 N–H and O–H groups in total. The van der Waals surface area contributed by atoms with Gasteiger partial charge >= 0.3 is 0 Å². The Bertz CT molecular complexity index is 2630. The Hall–Kier alpha value is -6.97. The number of nitrogen functional groups attached to an aromatic ring is 1. The second kappa shape index (κ2) is 16.6. The van der Waals surface area contributed by atoms with Crippen molar-refractivity contribution in [2.24, 2.45) is 0 Å². The molecular formula is C40H36ClFN14. The van der Waals surface area contributed by atoms with Gasteiger partial charge in [0.15, 0.2) is 17.5 Å². The summed E-state index contributed by atoms with van der Waals surface area (Å²) in [6.45, 7) is 2.71. The summed E-state index contributed by atoms with van der Waals surface area (Å²) in [6.07, 6.45) is 13.2. The Kier molecular flexibility index (Phi) is 10.7. The summed E-state index contributed by atoms with van der Waals surface area (Å²) in [4.78, 5) is 25.9. The van der Waals surface area contributed by atoms with Gasteiger partial charge in [0.1, 0.15) is 5.02 Å². The van der Waals surface area contributed by atoms with E-state index in [2.05, 4.69) is 68.7 Å². The fraction of sp³-hybridized carbons (Fsp3) is 0.125. The first-order chi connectivity index (χ1) is 27.5. The van der Waals surface area contributed by atoms with Gasteiger partial charge in [-0.15, -0.1) is 0 Å². The molecule has 0 bridgehead atoms. The molecule has 0 atom stereocenters. The quantitative estimate of drug-likeness (QED) is 0.0766. The van der Waals surface area contributed by atoms with Crippen molar-refractivity contribution in [3.8, 4) is 5.95 Å². The van der Waals surface area contributed by atoms with Crippen molar-refractivity contribution in [2.45, 2.75) is 19.5 Å². The smallest absolute Gasteiger partial charge is 0.236 e. The third-order valence-corrected chi connectivity index (χ3v) is 9.23. The predicted molar refractivity (Wildman–Crippen MR) is 218 cm³/mol. The van der Waals surface area contributed by atoms with Crippen molar-refractivity contribution in [2.75, 3.05) is 34.8 Å². The van der Waals surface area contributed by atoms with Crippen LogP contribution in [-0.4, -0.2) is 57.8 Å². The van der Waals surface area contributed by atoms with Crippen LogP contribution in [0.3, 0.4) is 0 Å². The molecule has 0 amide bonds. The fourth-order valence-electron chi connectivity index (χ4n) is 6.19. The first-order valence-corrected chi connectivity index (χ1v) is 18.2. The van der Waals surface area contributed by atoms with Gasteiger partial charge in [-0.2, -0.15) is 15.1 Å². The molecule has 0 radical (unpaired) electrons. The average Bonchev–Trinajstić information content (AvgIpc) is 3.87. The lowest BCUT2D eigenvalue weighted by molar-refractivity contribution is 0.617. The van der Waals surface area contributed by atoms with Gasteiger partial charge in [0.25, 0.3) is 0 Å². The molecule has 1 aliphatic rings. The lowest BCUT2D eigenvalue weighted by Crippen LogP contribution is -2.19. The van der Waals surface area contributed by atoms with Crippen molar-refractivity contribution in [3.05, 3.63) is 144 Å². The number of rotatable bonds is 10. The van der Waals surface area contributed by atoms with Crippen LogP contribution < -0.4 is 27.0 Å². The van der Waals surface area contributed by atoms with Gasteiger partial charge in [0.2, 0.25) is 11.9 Å². The molecule has 6 aromatic heterocycles. The molecule has 7 heterocycles. The molecule has 0 fully saturated rings. The maximum Gasteiger partial charge on any atom is 0.236 e. The van der Waals surface area contributed by atoms with Crippen LogP contribution in [0.5, 0.6) is 0 Å². The number of nitrogens with one attached hydrogen (secondary N) is 5. The van der Waals surface area contributed by atoms with Crippen LogP contribution in [0.2, 0.25) is 5.02 Å². The van der Waals surface area contributed by atoms with Crippen LogP contribution in [0.15, 0.2) is 116 Å². The third kappa shape index (κ3) is 8.38. The zero-order valence-corrected chi connectivity index (χ0v) is 30.7. The third-order valence-electron chi connectivity index (χ3n) is 8.95. The Morgan fingerprint density at radius 3 is 2.39 bits per heavy atom. The Morgan fingerprint density at radius 1 is 0.839 bits per heavy atom. The lowest BCUT2D eigenvalue weighted by atomic mass is 9.99. The molecule has 0 spiro atoms. The van der Waals surface area contributed by atoms with Gasteiger partial charge in [-0.05, 0) is 79.2 Å². The predicted octanol–water partition coefficient (Wildman–Crippen LogP) is 7.28. The molecule has 0 saturated carbocycles. The number of hydrogen-bond donors (Lipinski definition) is 6. The number of H-pyrrole nitrogens is 1. The van der Waals surface area contributed by atoms with E-state index in [-0.39, 0.29) is 5.82 Å². The minimum atomic E-state index is -0.522. The molecular weight excluding hydrogens is 731 g/mol. The highest BCUT2D eigenvalue weighted by atomic mass is 35.5. The monoisotopic (exact) mass is 766 g/mol. The van der Waals surface area contributed by atoms with Crippen LogP contribution in [0.4, 0.5) is 33.3 Å². The summed E-state index contributed by atoms with van der Waals surface area (Å²) < 4.78 is 15.9. The number of aromatic amines is 1. The maximum atomic E-state index is 13.9. The Labute approximate surface area is 325 Å². The van der Waals surface area contributed by atoms with E-state index >= 15 is 0 Å². The molecule has 56 heavy (non-hydrogen) atoms. The molecule has 0 saturated heterocycles. The highest BCUT2D eigenvalue weighted by Gasteiger charge is 2.17. The van der Waals surface area contributed by atoms with Crippen LogP contribution >= 0.6 is 11.6 Å². The van der Waals surface area contributed by atoms with E-state index in [4.69, 9.17) is 22.3 Å². The molecule has 2 aromatic carbocycles. The van der Waals surface area contributed by atoms with Crippen molar-refractivity contribution in [3.63, 3.8) is 0 Å². The van der Waals surface area contributed by atoms with E-state index < -0.39 is 5.82 Å². The second-order valence-electron chi connectivity index (χ2n) is 12.8. The average molecular weight is 767 g/mol. The van der Waals surface area contributed by atoms with Gasteiger partial charge in [0, 0.05) is 52.8 Å². The molecule has 0 aliphatic carbocycles. The number of pyridine rings is 2. The topological polar surface area (TPSA) is 185 Å². The first kappa shape index (κ1) is 36.0. The second-order valence-corrected chi connectivity index (χ2v) is 13.2. The number of nitrogens with zero attached hydrogens (tertiary/aromatic N) is 8. The molecule has 16 heteroatoms. The minimum absolute atomic E-state index is 0.118. The number of halogens is 2. The highest BCUT2D eigenvalue weighted by molar-refractivity contribution is 6.32. The normalized spacial score (nSPS) is 12.5. The SMILES string of the molecule is Fc1cnc(Nc2ccc3[nH]ncc3c2)nc1NCc1ccccn1.Nc1ccc2c(c1)c(C1=CCNCC1)cn2-c1ncc(Cl)c(NCc2ccccn2)n1. The van der Waals surface area contributed by atoms with E-state index in [1.165, 1.54) is 5.57 Å². The van der Waals surface area contributed by atoms with Gasteiger partial charge in [-0.3, -0.25) is 19.6 Å². The minimum Gasteiger partial charge on any atom is -0.399 e. The highest BCUT2D eigenvalue weighted by Crippen LogP contribution is 2.33. The van der Waals surface area contributed by atoms with Crippen LogP contribution in [0, 0.1) is 5.82 Å². The molecule has 280 valence electrons. The summed E-state index contributed by atoms with van der Waals surface area (Å²) in [5.41, 5.74) is 13.7. The standard InChI is InChI=1S/C23H22ClN7.C17H14FN7/c24-20-13-29-23(30-22(20)28-12-17-3-1-2-8-27-17)31-14-19(15-6-9-26-10-7-15)18-11-16(25)4-5-21(18)31;18-14-10-21-17(23-12-4-5-15-11(7-12)8-22-25-15)24-16(14)20-9-13-3-1-2-6-19-13/h1-6,8,11,13-14,26H,7,9-10,12,25H2,(H,28,29,30);1-8,10H,9H2,(H,22,25)(H2,20,21,23,24). The van der Waals surface area contributed by atoms with Gasteiger partial charge in [-0.25, -0.2) is 14.4 Å². The number of hydrogen-bond acceptors (Lipinski definition) is 12. The van der Waals surface area contributed by atoms with E-state index in [1.54, 1.807) is 24.8 Å². The van der Waals surface area contributed by atoms with Crippen molar-refractivity contribution in [1.82, 2.24) is 50.0 Å². The van der Waals surface area contributed by atoms with Crippen LogP contribution in [-0.2, 0) is 13.1 Å². The number of nitrogens with two attached hydrogens (primary N) is 1. The van der Waals surface area contributed by atoms with Crippen LogP contribution in [0.1, 0.15) is 23.4 Å². The number of benzene rings is 2. The molecule has 14 nitrogen and oxygen atoms in total. The van der Waals surface area contributed by atoms with E-state index in [9.17, 15) is 4.39 Å². The van der Waals surface area contributed by atoms with Crippen molar-refractivity contribution < 1.29 is 4.39 Å². The fourth-order valence-corrected chi connectivity index (χ4v) is 6.35. The van der Waals surface area contributed by atoms with Gasteiger partial charge < -0.3 is 27.0 Å². The maximum absolute atomic E-state index is 13.9. The van der Waals surface area contributed by atoms with E-state index in [1.807, 2.05) is 77.4 Å². The van der Waals surface area contributed by atoms with Gasteiger partial charge in [0.05, 0.1) is 54.1 Å². The van der Waals surface area contributed by atoms with Crippen molar-refractivity contribution >= 4 is 67.9 Å². The van der Waals surface area contributed by atoms with Gasteiger partial charge in [-0.1, -0.05) is 29.8 Å². The molecule has 8 aromatic rings. The Morgan fingerprint density at radius 2 is 1.64 bits per heavy atom. The van der Waals surface area contributed by atoms with Crippen LogP contribution in [0.25, 0.3) is 33.3 Å². The molecule has 9 rings (SSSR count). The first-order valence-electron chi connectivity index (χ1n) is 17.8. The summed E-state index contributed by atoms with van der Waals surface area (Å²) in [5.74, 6) is 1.01. The van der Waals surface area contributed by atoms with E-state index in [0.717, 1.165) is 75.8 Å². The zero-order valence-electron chi connectivity index (χ0n) is 29.9. The summed E-state index contributed by atoms with van der Waals surface area (Å²) in [6, 6.07) is 22.9.